The van der Waals surface area contributed by atoms with E-state index in [1.807, 2.05) is 13.8 Å². The maximum Gasteiger partial charge on any atom is 0.255 e. The number of oxazole rings is 1. The second-order valence-corrected chi connectivity index (χ2v) is 4.10. The smallest absolute Gasteiger partial charge is 0.255 e. The summed E-state index contributed by atoms with van der Waals surface area (Å²) in [6.45, 7) is 7.33. The standard InChI is InChI=1S/C10H18N2O2S/c1-3-13-6-4-11-5-7-15-10-12-9(2)8-14-10/h8,11H,3-7H2,1-2H3. The third-order valence-electron chi connectivity index (χ3n) is 1.73. The van der Waals surface area contributed by atoms with Gasteiger partial charge in [0, 0.05) is 25.4 Å². The predicted molar refractivity (Wildman–Crippen MR) is 61.3 cm³/mol. The van der Waals surface area contributed by atoms with Gasteiger partial charge in [0.25, 0.3) is 5.22 Å². The van der Waals surface area contributed by atoms with Gasteiger partial charge >= 0.3 is 0 Å². The minimum Gasteiger partial charge on any atom is -0.440 e. The Morgan fingerprint density at radius 2 is 2.40 bits per heavy atom. The highest BCUT2D eigenvalue weighted by Crippen LogP contribution is 2.15. The van der Waals surface area contributed by atoms with E-state index in [2.05, 4.69) is 10.3 Å². The maximum absolute atomic E-state index is 5.21. The van der Waals surface area contributed by atoms with Gasteiger partial charge < -0.3 is 14.5 Å². The number of nitrogens with one attached hydrogen (secondary N) is 1. The fourth-order valence-corrected chi connectivity index (χ4v) is 1.77. The van der Waals surface area contributed by atoms with Crippen molar-refractivity contribution >= 4 is 11.8 Å². The Kier molecular flexibility index (Phi) is 6.47. The van der Waals surface area contributed by atoms with Crippen LogP contribution in [0, 0.1) is 6.92 Å². The molecule has 1 rings (SSSR count). The lowest BCUT2D eigenvalue weighted by molar-refractivity contribution is 0.150. The van der Waals surface area contributed by atoms with Crippen LogP contribution in [0.4, 0.5) is 0 Å². The van der Waals surface area contributed by atoms with Gasteiger partial charge in [0.15, 0.2) is 0 Å². The van der Waals surface area contributed by atoms with Gasteiger partial charge in [-0.25, -0.2) is 4.98 Å². The molecule has 0 aliphatic carbocycles. The number of ether oxygens (including phenoxy) is 1. The predicted octanol–water partition coefficient (Wildman–Crippen LogP) is 1.70. The number of rotatable bonds is 8. The first-order chi connectivity index (χ1) is 7.33. The lowest BCUT2D eigenvalue weighted by Gasteiger charge is -2.02. The van der Waals surface area contributed by atoms with Crippen molar-refractivity contribution < 1.29 is 9.15 Å². The number of nitrogens with zero attached hydrogens (tertiary/aromatic N) is 1. The molecule has 0 fully saturated rings. The van der Waals surface area contributed by atoms with E-state index < -0.39 is 0 Å². The summed E-state index contributed by atoms with van der Waals surface area (Å²) >= 11 is 1.62. The summed E-state index contributed by atoms with van der Waals surface area (Å²) in [6, 6.07) is 0. The molecule has 0 aromatic carbocycles. The highest BCUT2D eigenvalue weighted by Gasteiger charge is 1.99. The number of hydrogen-bond donors (Lipinski definition) is 1. The van der Waals surface area contributed by atoms with Gasteiger partial charge in [0.1, 0.15) is 6.26 Å². The van der Waals surface area contributed by atoms with Crippen LogP contribution in [0.15, 0.2) is 15.9 Å². The van der Waals surface area contributed by atoms with Crippen LogP contribution >= 0.6 is 11.8 Å². The van der Waals surface area contributed by atoms with Gasteiger partial charge in [0.05, 0.1) is 12.3 Å². The van der Waals surface area contributed by atoms with Crippen LogP contribution in [0.3, 0.4) is 0 Å². The molecule has 0 radical (unpaired) electrons. The van der Waals surface area contributed by atoms with Crippen LogP contribution in [-0.2, 0) is 4.74 Å². The molecule has 0 saturated heterocycles. The highest BCUT2D eigenvalue weighted by molar-refractivity contribution is 7.99. The molecule has 86 valence electrons. The van der Waals surface area contributed by atoms with Gasteiger partial charge in [-0.05, 0) is 13.8 Å². The summed E-state index contributed by atoms with van der Waals surface area (Å²) in [5.74, 6) is 0.964. The van der Waals surface area contributed by atoms with Crippen molar-refractivity contribution in [3.05, 3.63) is 12.0 Å². The van der Waals surface area contributed by atoms with Crippen molar-refractivity contribution in [1.82, 2.24) is 10.3 Å². The summed E-state index contributed by atoms with van der Waals surface area (Å²) in [5, 5.41) is 4.03. The van der Waals surface area contributed by atoms with Crippen molar-refractivity contribution in [2.45, 2.75) is 19.1 Å². The minimum absolute atomic E-state index is 0.749. The van der Waals surface area contributed by atoms with Crippen molar-refractivity contribution in [3.63, 3.8) is 0 Å². The molecule has 1 heterocycles. The SMILES string of the molecule is CCOCCNCCSc1nc(C)co1. The van der Waals surface area contributed by atoms with Gasteiger partial charge in [-0.1, -0.05) is 11.8 Å². The molecule has 0 amide bonds. The van der Waals surface area contributed by atoms with Crippen LogP contribution in [0.25, 0.3) is 0 Å². The number of aryl methyl sites for hydroxylation is 1. The number of hydrogen-bond acceptors (Lipinski definition) is 5. The van der Waals surface area contributed by atoms with Crippen LogP contribution in [-0.4, -0.2) is 37.0 Å². The molecule has 1 aromatic rings. The Morgan fingerprint density at radius 1 is 1.53 bits per heavy atom. The van der Waals surface area contributed by atoms with Crippen LogP contribution in [0.1, 0.15) is 12.6 Å². The minimum atomic E-state index is 0.749. The topological polar surface area (TPSA) is 47.3 Å². The van der Waals surface area contributed by atoms with Gasteiger partial charge in [-0.3, -0.25) is 0 Å². The van der Waals surface area contributed by atoms with E-state index in [4.69, 9.17) is 9.15 Å². The molecule has 0 aliphatic rings. The van der Waals surface area contributed by atoms with Gasteiger partial charge in [-0.15, -0.1) is 0 Å². The average Bonchev–Trinajstić information content (AvgIpc) is 2.63. The zero-order valence-electron chi connectivity index (χ0n) is 9.28. The fraction of sp³-hybridized carbons (Fsp3) is 0.700. The maximum atomic E-state index is 5.21. The van der Waals surface area contributed by atoms with Crippen LogP contribution in [0.5, 0.6) is 0 Å². The molecular weight excluding hydrogens is 212 g/mol. The molecule has 0 unspecified atom stereocenters. The average molecular weight is 230 g/mol. The molecule has 0 saturated carbocycles. The quantitative estimate of drug-likeness (QED) is 0.544. The van der Waals surface area contributed by atoms with Crippen LogP contribution in [0.2, 0.25) is 0 Å². The molecule has 5 heteroatoms. The van der Waals surface area contributed by atoms with Crippen molar-refractivity contribution in [3.8, 4) is 0 Å². The first-order valence-corrected chi connectivity index (χ1v) is 6.15. The summed E-state index contributed by atoms with van der Waals surface area (Å²) in [5.41, 5.74) is 0.932. The first-order valence-electron chi connectivity index (χ1n) is 5.16. The molecule has 0 aliphatic heterocycles. The summed E-state index contributed by atoms with van der Waals surface area (Å²) in [4.78, 5) is 4.20. The zero-order chi connectivity index (χ0) is 10.9. The highest BCUT2D eigenvalue weighted by atomic mass is 32.2. The molecule has 0 atom stereocenters. The van der Waals surface area contributed by atoms with Gasteiger partial charge in [-0.2, -0.15) is 0 Å². The third kappa shape index (κ3) is 5.81. The van der Waals surface area contributed by atoms with Crippen molar-refractivity contribution in [2.75, 3.05) is 32.1 Å². The molecular formula is C10H18N2O2S. The Balaban J connectivity index is 1.93. The molecule has 1 N–H and O–H groups in total. The van der Waals surface area contributed by atoms with E-state index in [9.17, 15) is 0 Å². The second-order valence-electron chi connectivity index (χ2n) is 3.05. The number of aromatic nitrogens is 1. The monoisotopic (exact) mass is 230 g/mol. The summed E-state index contributed by atoms with van der Waals surface area (Å²) in [6.07, 6.45) is 1.67. The lowest BCUT2D eigenvalue weighted by Crippen LogP contribution is -2.22. The normalized spacial score (nSPS) is 10.8. The Hall–Kier alpha value is -0.520. The van der Waals surface area contributed by atoms with Crippen molar-refractivity contribution in [2.24, 2.45) is 0 Å². The number of thioether (sulfide) groups is 1. The Morgan fingerprint density at radius 3 is 3.07 bits per heavy atom. The second kappa shape index (κ2) is 7.73. The first kappa shape index (κ1) is 12.5. The van der Waals surface area contributed by atoms with Gasteiger partial charge in [0.2, 0.25) is 0 Å². The summed E-state index contributed by atoms with van der Waals surface area (Å²) < 4.78 is 10.4. The van der Waals surface area contributed by atoms with E-state index in [1.165, 1.54) is 0 Å². The van der Waals surface area contributed by atoms with E-state index in [0.717, 1.165) is 43.0 Å². The zero-order valence-corrected chi connectivity index (χ0v) is 10.1. The molecule has 4 nitrogen and oxygen atoms in total. The molecule has 0 bridgehead atoms. The van der Waals surface area contributed by atoms with Crippen molar-refractivity contribution in [1.29, 1.82) is 0 Å². The summed E-state index contributed by atoms with van der Waals surface area (Å²) in [7, 11) is 0. The van der Waals surface area contributed by atoms with E-state index in [-0.39, 0.29) is 0 Å². The molecule has 15 heavy (non-hydrogen) atoms. The largest absolute Gasteiger partial charge is 0.440 e. The lowest BCUT2D eigenvalue weighted by atomic mass is 10.6. The Bertz CT molecular complexity index is 266. The fourth-order valence-electron chi connectivity index (χ4n) is 1.02. The van der Waals surface area contributed by atoms with E-state index in [0.29, 0.717) is 0 Å². The Labute approximate surface area is 94.8 Å². The van der Waals surface area contributed by atoms with Crippen LogP contribution < -0.4 is 5.32 Å². The van der Waals surface area contributed by atoms with E-state index >= 15 is 0 Å². The van der Waals surface area contributed by atoms with E-state index in [1.54, 1.807) is 18.0 Å². The molecule has 0 spiro atoms. The third-order valence-corrected chi connectivity index (χ3v) is 2.57. The molecule has 1 aromatic heterocycles.